The lowest BCUT2D eigenvalue weighted by Gasteiger charge is -2.26. The second kappa shape index (κ2) is 7.54. The molecule has 0 radical (unpaired) electrons. The maximum Gasteiger partial charge on any atom is 0.414 e. The molecule has 2 aromatic rings. The quantitative estimate of drug-likeness (QED) is 0.728. The van der Waals surface area contributed by atoms with E-state index in [0.29, 0.717) is 29.2 Å². The molecule has 1 amide bonds. The van der Waals surface area contributed by atoms with Crippen LogP contribution in [-0.2, 0) is 11.2 Å². The second-order valence-electron chi connectivity index (χ2n) is 7.61. The topological polar surface area (TPSA) is 65.1 Å². The van der Waals surface area contributed by atoms with Gasteiger partial charge in [0, 0.05) is 17.7 Å². The second-order valence-corrected chi connectivity index (χ2v) is 7.61. The Morgan fingerprint density at radius 2 is 1.75 bits per heavy atom. The number of benzene rings is 2. The number of methoxy groups -OCH3 is 2. The summed E-state index contributed by atoms with van der Waals surface area (Å²) in [6, 6.07) is 9.23. The number of ether oxygens (including phenoxy) is 3. The third-order valence-corrected chi connectivity index (χ3v) is 4.58. The van der Waals surface area contributed by atoms with Gasteiger partial charge in [-0.15, -0.1) is 0 Å². The zero-order valence-corrected chi connectivity index (χ0v) is 16.9. The van der Waals surface area contributed by atoms with Gasteiger partial charge in [0.15, 0.2) is 17.8 Å². The van der Waals surface area contributed by atoms with Crippen molar-refractivity contribution in [2.24, 2.45) is 0 Å². The highest BCUT2D eigenvalue weighted by Gasteiger charge is 2.31. The fraction of sp³-hybridized carbons (Fsp3) is 0.364. The predicted octanol–water partition coefficient (Wildman–Crippen LogP) is 4.48. The smallest absolute Gasteiger partial charge is 0.414 e. The number of carbonyl (C=O) groups excluding carboxylic acids is 2. The molecule has 0 saturated carbocycles. The van der Waals surface area contributed by atoms with Gasteiger partial charge in [-0.2, -0.15) is 0 Å². The summed E-state index contributed by atoms with van der Waals surface area (Å²) in [6.45, 7) is 6.05. The Bertz CT molecular complexity index is 914. The molecular formula is C22H25NO5. The summed E-state index contributed by atoms with van der Waals surface area (Å²) in [7, 11) is 3.07. The molecule has 3 rings (SSSR count). The number of hydrogen-bond donors (Lipinski definition) is 0. The van der Waals surface area contributed by atoms with Crippen molar-refractivity contribution < 1.29 is 23.8 Å². The molecule has 0 atom stereocenters. The molecule has 0 saturated heterocycles. The lowest BCUT2D eigenvalue weighted by atomic mass is 9.96. The van der Waals surface area contributed by atoms with E-state index in [1.807, 2.05) is 39.0 Å². The zero-order valence-electron chi connectivity index (χ0n) is 16.9. The maximum atomic E-state index is 12.8. The predicted molar refractivity (Wildman–Crippen MR) is 108 cm³/mol. The minimum absolute atomic E-state index is 0.396. The Kier molecular flexibility index (Phi) is 5.31. The van der Waals surface area contributed by atoms with Gasteiger partial charge >= 0.3 is 6.09 Å². The van der Waals surface area contributed by atoms with E-state index in [-0.39, 0.29) is 0 Å². The minimum Gasteiger partial charge on any atom is -0.493 e. The van der Waals surface area contributed by atoms with Gasteiger partial charge in [0.05, 0.1) is 19.9 Å². The van der Waals surface area contributed by atoms with E-state index in [2.05, 4.69) is 0 Å². The van der Waals surface area contributed by atoms with Gasteiger partial charge in [-0.05, 0) is 50.5 Å². The molecule has 1 aliphatic heterocycles. The van der Waals surface area contributed by atoms with E-state index in [1.165, 1.54) is 7.11 Å². The summed E-state index contributed by atoms with van der Waals surface area (Å²) in [6.07, 6.45) is 1.11. The number of nitrogens with zero attached hydrogens (tertiary/aromatic N) is 1. The van der Waals surface area contributed by atoms with Gasteiger partial charge in [0.25, 0.3) is 0 Å². The SMILES string of the molecule is COc1cc(C=O)c(-c2cccc3c2N(C(=O)OC(C)(C)C)CC3)cc1OC. The number of aldehydes is 1. The molecular weight excluding hydrogens is 358 g/mol. The molecule has 0 unspecified atom stereocenters. The fourth-order valence-electron chi connectivity index (χ4n) is 3.40. The molecule has 1 aliphatic rings. The van der Waals surface area contributed by atoms with E-state index in [1.54, 1.807) is 24.1 Å². The first-order chi connectivity index (χ1) is 13.3. The van der Waals surface area contributed by atoms with Crippen molar-refractivity contribution in [2.45, 2.75) is 32.8 Å². The molecule has 0 N–H and O–H groups in total. The summed E-state index contributed by atoms with van der Waals surface area (Å²) in [4.78, 5) is 26.2. The Hall–Kier alpha value is -3.02. The van der Waals surface area contributed by atoms with Crippen LogP contribution in [0.3, 0.4) is 0 Å². The van der Waals surface area contributed by atoms with Crippen molar-refractivity contribution in [3.8, 4) is 22.6 Å². The molecule has 0 spiro atoms. The van der Waals surface area contributed by atoms with Crippen LogP contribution < -0.4 is 14.4 Å². The van der Waals surface area contributed by atoms with Crippen LogP contribution in [0.4, 0.5) is 10.5 Å². The van der Waals surface area contributed by atoms with Crippen LogP contribution in [-0.4, -0.2) is 38.7 Å². The van der Waals surface area contributed by atoms with Crippen LogP contribution >= 0.6 is 0 Å². The standard InChI is InChI=1S/C22H25NO5/c1-22(2,3)28-21(25)23-10-9-14-7-6-8-16(20(14)23)17-12-19(27-5)18(26-4)11-15(17)13-24/h6-8,11-13H,9-10H2,1-5H3. The summed E-state index contributed by atoms with van der Waals surface area (Å²) in [5.41, 5.74) is 3.14. The molecule has 2 aromatic carbocycles. The average molecular weight is 383 g/mol. The molecule has 0 bridgehead atoms. The Morgan fingerprint density at radius 3 is 2.36 bits per heavy atom. The van der Waals surface area contributed by atoms with Crippen molar-refractivity contribution in [3.63, 3.8) is 0 Å². The van der Waals surface area contributed by atoms with E-state index < -0.39 is 11.7 Å². The highest BCUT2D eigenvalue weighted by molar-refractivity contribution is 6.00. The van der Waals surface area contributed by atoms with Crippen LogP contribution in [0.15, 0.2) is 30.3 Å². The lowest BCUT2D eigenvalue weighted by molar-refractivity contribution is 0.0584. The number of anilines is 1. The molecule has 6 heteroatoms. The Balaban J connectivity index is 2.15. The molecule has 0 aromatic heterocycles. The zero-order chi connectivity index (χ0) is 20.5. The highest BCUT2D eigenvalue weighted by atomic mass is 16.6. The van der Waals surface area contributed by atoms with Crippen molar-refractivity contribution in [3.05, 3.63) is 41.5 Å². The maximum absolute atomic E-state index is 12.8. The van der Waals surface area contributed by atoms with E-state index >= 15 is 0 Å². The number of carbonyl (C=O) groups is 2. The lowest BCUT2D eigenvalue weighted by Crippen LogP contribution is -2.36. The Labute approximate surface area is 165 Å². The molecule has 6 nitrogen and oxygen atoms in total. The van der Waals surface area contributed by atoms with Crippen molar-refractivity contribution in [1.82, 2.24) is 0 Å². The van der Waals surface area contributed by atoms with Crippen LogP contribution in [0.25, 0.3) is 11.1 Å². The van der Waals surface area contributed by atoms with E-state index in [4.69, 9.17) is 14.2 Å². The van der Waals surface area contributed by atoms with Crippen molar-refractivity contribution in [2.75, 3.05) is 25.7 Å². The molecule has 1 heterocycles. The van der Waals surface area contributed by atoms with Crippen LogP contribution in [0.2, 0.25) is 0 Å². The first-order valence-corrected chi connectivity index (χ1v) is 9.13. The normalized spacial score (nSPS) is 13.1. The van der Waals surface area contributed by atoms with Crippen LogP contribution in [0, 0.1) is 0 Å². The first-order valence-electron chi connectivity index (χ1n) is 9.13. The highest BCUT2D eigenvalue weighted by Crippen LogP contribution is 2.43. The van der Waals surface area contributed by atoms with Crippen LogP contribution in [0.1, 0.15) is 36.7 Å². The molecule has 0 fully saturated rings. The van der Waals surface area contributed by atoms with Crippen LogP contribution in [0.5, 0.6) is 11.5 Å². The van der Waals surface area contributed by atoms with Gasteiger partial charge in [-0.3, -0.25) is 9.69 Å². The van der Waals surface area contributed by atoms with Gasteiger partial charge < -0.3 is 14.2 Å². The fourth-order valence-corrected chi connectivity index (χ4v) is 3.40. The number of rotatable bonds is 4. The number of para-hydroxylation sites is 1. The molecule has 28 heavy (non-hydrogen) atoms. The average Bonchev–Trinajstić information content (AvgIpc) is 3.10. The minimum atomic E-state index is -0.591. The summed E-state index contributed by atoms with van der Waals surface area (Å²) < 4.78 is 16.3. The van der Waals surface area contributed by atoms with Crippen molar-refractivity contribution >= 4 is 18.1 Å². The number of hydrogen-bond acceptors (Lipinski definition) is 5. The number of amides is 1. The summed E-state index contributed by atoms with van der Waals surface area (Å²) in [5, 5.41) is 0. The summed E-state index contributed by atoms with van der Waals surface area (Å²) >= 11 is 0. The monoisotopic (exact) mass is 383 g/mol. The van der Waals surface area contributed by atoms with Gasteiger partial charge in [0.1, 0.15) is 5.60 Å². The molecule has 0 aliphatic carbocycles. The van der Waals surface area contributed by atoms with Gasteiger partial charge in [0.2, 0.25) is 0 Å². The van der Waals surface area contributed by atoms with E-state index in [9.17, 15) is 9.59 Å². The molecule has 148 valence electrons. The summed E-state index contributed by atoms with van der Waals surface area (Å²) in [5.74, 6) is 0.993. The van der Waals surface area contributed by atoms with Gasteiger partial charge in [-0.1, -0.05) is 18.2 Å². The number of fused-ring (bicyclic) bond motifs is 1. The largest absolute Gasteiger partial charge is 0.493 e. The van der Waals surface area contributed by atoms with Crippen molar-refractivity contribution in [1.29, 1.82) is 0 Å². The Morgan fingerprint density at radius 1 is 1.07 bits per heavy atom. The van der Waals surface area contributed by atoms with E-state index in [0.717, 1.165) is 29.5 Å². The third-order valence-electron chi connectivity index (χ3n) is 4.58. The third kappa shape index (κ3) is 3.67. The first kappa shape index (κ1) is 19.7. The van der Waals surface area contributed by atoms with Gasteiger partial charge in [-0.25, -0.2) is 4.79 Å².